The molecule has 0 aliphatic carbocycles. The first-order chi connectivity index (χ1) is 11.2. The fraction of sp³-hybridized carbons (Fsp3) is 0.684. The van der Waals surface area contributed by atoms with E-state index < -0.39 is 0 Å². The molecule has 1 aromatic rings. The monoisotopic (exact) mass is 316 g/mol. The zero-order chi connectivity index (χ0) is 16.1. The van der Waals surface area contributed by atoms with Crippen molar-refractivity contribution in [3.05, 3.63) is 29.8 Å². The van der Waals surface area contributed by atoms with Gasteiger partial charge in [0.05, 0.1) is 0 Å². The van der Waals surface area contributed by atoms with Crippen molar-refractivity contribution < 1.29 is 0 Å². The predicted molar refractivity (Wildman–Crippen MR) is 98.2 cm³/mol. The van der Waals surface area contributed by atoms with Crippen LogP contribution in [0.4, 0.5) is 5.69 Å². The predicted octanol–water partition coefficient (Wildman–Crippen LogP) is 2.18. The Balaban J connectivity index is 1.75. The van der Waals surface area contributed by atoms with Crippen molar-refractivity contribution >= 4 is 5.69 Å². The van der Waals surface area contributed by atoms with E-state index in [4.69, 9.17) is 0 Å². The van der Waals surface area contributed by atoms with Gasteiger partial charge >= 0.3 is 0 Å². The molecule has 128 valence electrons. The Hall–Kier alpha value is -1.10. The van der Waals surface area contributed by atoms with Gasteiger partial charge in [0.1, 0.15) is 0 Å². The van der Waals surface area contributed by atoms with E-state index in [1.807, 2.05) is 0 Å². The molecule has 2 heterocycles. The van der Waals surface area contributed by atoms with Crippen LogP contribution < -0.4 is 10.2 Å². The molecule has 0 amide bonds. The second-order valence-corrected chi connectivity index (χ2v) is 7.15. The van der Waals surface area contributed by atoms with Crippen molar-refractivity contribution in [1.29, 1.82) is 0 Å². The molecule has 2 fully saturated rings. The smallest absolute Gasteiger partial charge is 0.0476 e. The van der Waals surface area contributed by atoms with E-state index in [0.717, 1.165) is 26.2 Å². The van der Waals surface area contributed by atoms with Crippen molar-refractivity contribution in [2.45, 2.75) is 25.3 Å². The van der Waals surface area contributed by atoms with Gasteiger partial charge in [-0.25, -0.2) is 0 Å². The van der Waals surface area contributed by atoms with Gasteiger partial charge in [0.15, 0.2) is 0 Å². The summed E-state index contributed by atoms with van der Waals surface area (Å²) in [7, 11) is 4.22. The zero-order valence-electron chi connectivity index (χ0n) is 14.8. The molecule has 0 spiro atoms. The molecule has 1 atom stereocenters. The average Bonchev–Trinajstić information content (AvgIpc) is 2.61. The van der Waals surface area contributed by atoms with Gasteiger partial charge < -0.3 is 15.1 Å². The summed E-state index contributed by atoms with van der Waals surface area (Å²) < 4.78 is 0. The molecular formula is C19H32N4. The maximum atomic E-state index is 3.49. The molecule has 0 radical (unpaired) electrons. The van der Waals surface area contributed by atoms with Crippen LogP contribution in [0.3, 0.4) is 0 Å². The van der Waals surface area contributed by atoms with Crippen molar-refractivity contribution in [3.63, 3.8) is 0 Å². The third kappa shape index (κ3) is 4.46. The highest BCUT2D eigenvalue weighted by Crippen LogP contribution is 2.26. The van der Waals surface area contributed by atoms with Gasteiger partial charge in [-0.1, -0.05) is 18.6 Å². The summed E-state index contributed by atoms with van der Waals surface area (Å²) in [6.45, 7) is 8.29. The number of nitrogens with one attached hydrogen (secondary N) is 1. The van der Waals surface area contributed by atoms with Crippen LogP contribution in [-0.4, -0.2) is 69.7 Å². The van der Waals surface area contributed by atoms with Gasteiger partial charge in [-0.05, 0) is 43.6 Å². The number of hydrogen-bond donors (Lipinski definition) is 1. The van der Waals surface area contributed by atoms with Crippen LogP contribution in [0, 0.1) is 0 Å². The number of nitrogens with zero attached hydrogens (tertiary/aromatic N) is 3. The molecule has 2 aliphatic heterocycles. The van der Waals surface area contributed by atoms with Crippen molar-refractivity contribution in [1.82, 2.24) is 15.1 Å². The van der Waals surface area contributed by atoms with Gasteiger partial charge in [0.2, 0.25) is 0 Å². The van der Waals surface area contributed by atoms with E-state index in [9.17, 15) is 0 Å². The van der Waals surface area contributed by atoms with Crippen molar-refractivity contribution in [2.24, 2.45) is 0 Å². The van der Waals surface area contributed by atoms with Crippen molar-refractivity contribution in [2.75, 3.05) is 64.8 Å². The summed E-state index contributed by atoms with van der Waals surface area (Å²) in [5.41, 5.74) is 2.76. The minimum absolute atomic E-state index is 0.534. The lowest BCUT2D eigenvalue weighted by Crippen LogP contribution is -2.48. The highest BCUT2D eigenvalue weighted by molar-refractivity contribution is 5.46. The second kappa shape index (κ2) is 8.13. The Morgan fingerprint density at radius 3 is 2.22 bits per heavy atom. The van der Waals surface area contributed by atoms with Crippen LogP contribution in [0.15, 0.2) is 24.3 Å². The number of likely N-dealkylation sites (tertiary alicyclic amines) is 1. The minimum atomic E-state index is 0.534. The highest BCUT2D eigenvalue weighted by Gasteiger charge is 2.25. The molecule has 0 bridgehead atoms. The molecular weight excluding hydrogens is 284 g/mol. The van der Waals surface area contributed by atoms with Gasteiger partial charge in [-0.2, -0.15) is 0 Å². The Bertz CT molecular complexity index is 459. The Kier molecular flexibility index (Phi) is 5.92. The average molecular weight is 316 g/mol. The van der Waals surface area contributed by atoms with Gasteiger partial charge in [-0.15, -0.1) is 0 Å². The normalized spacial score (nSPS) is 22.0. The van der Waals surface area contributed by atoms with Gasteiger partial charge in [0, 0.05) is 58.5 Å². The standard InChI is InChI=1S/C19H32N4/c1-21(2)18-8-6-17(7-9-18)19(23-14-10-20-11-15-23)16-22-12-4-3-5-13-22/h6-9,19-20H,3-5,10-16H2,1-2H3. The molecule has 1 aromatic carbocycles. The van der Waals surface area contributed by atoms with Crippen LogP contribution in [0.1, 0.15) is 30.9 Å². The summed E-state index contributed by atoms with van der Waals surface area (Å²) >= 11 is 0. The first-order valence-electron chi connectivity index (χ1n) is 9.18. The molecule has 3 rings (SSSR count). The number of piperazine rings is 1. The third-order valence-electron chi connectivity index (χ3n) is 5.27. The van der Waals surface area contributed by atoms with E-state index in [-0.39, 0.29) is 0 Å². The largest absolute Gasteiger partial charge is 0.378 e. The topological polar surface area (TPSA) is 21.8 Å². The number of piperidine rings is 1. The number of anilines is 1. The number of rotatable bonds is 5. The van der Waals surface area contributed by atoms with E-state index >= 15 is 0 Å². The second-order valence-electron chi connectivity index (χ2n) is 7.15. The lowest BCUT2D eigenvalue weighted by Gasteiger charge is -2.39. The maximum absolute atomic E-state index is 3.49. The van der Waals surface area contributed by atoms with Gasteiger partial charge in [0.25, 0.3) is 0 Å². The summed E-state index contributed by atoms with van der Waals surface area (Å²) in [6, 6.07) is 9.74. The Morgan fingerprint density at radius 1 is 0.957 bits per heavy atom. The maximum Gasteiger partial charge on any atom is 0.0476 e. The van der Waals surface area contributed by atoms with Gasteiger partial charge in [-0.3, -0.25) is 4.90 Å². The minimum Gasteiger partial charge on any atom is -0.378 e. The zero-order valence-corrected chi connectivity index (χ0v) is 14.8. The molecule has 23 heavy (non-hydrogen) atoms. The first kappa shape index (κ1) is 16.7. The molecule has 0 saturated carbocycles. The fourth-order valence-electron chi connectivity index (χ4n) is 3.81. The van der Waals surface area contributed by atoms with Crippen LogP contribution >= 0.6 is 0 Å². The van der Waals surface area contributed by atoms with E-state index in [1.165, 1.54) is 50.1 Å². The number of benzene rings is 1. The number of hydrogen-bond acceptors (Lipinski definition) is 4. The summed E-state index contributed by atoms with van der Waals surface area (Å²) in [4.78, 5) is 7.53. The first-order valence-corrected chi connectivity index (χ1v) is 9.18. The summed E-state index contributed by atoms with van der Waals surface area (Å²) in [6.07, 6.45) is 4.15. The Labute approximate surface area is 141 Å². The summed E-state index contributed by atoms with van der Waals surface area (Å²) in [5, 5.41) is 3.49. The third-order valence-corrected chi connectivity index (χ3v) is 5.27. The SMILES string of the molecule is CN(C)c1ccc(C(CN2CCCCC2)N2CCNCC2)cc1. The Morgan fingerprint density at radius 2 is 1.61 bits per heavy atom. The fourth-order valence-corrected chi connectivity index (χ4v) is 3.81. The van der Waals surface area contributed by atoms with Crippen LogP contribution in [-0.2, 0) is 0 Å². The molecule has 0 aromatic heterocycles. The molecule has 1 unspecified atom stereocenters. The molecule has 2 saturated heterocycles. The highest BCUT2D eigenvalue weighted by atomic mass is 15.2. The quantitative estimate of drug-likeness (QED) is 0.899. The van der Waals surface area contributed by atoms with Crippen molar-refractivity contribution in [3.8, 4) is 0 Å². The summed E-state index contributed by atoms with van der Waals surface area (Å²) in [5.74, 6) is 0. The molecule has 1 N–H and O–H groups in total. The molecule has 4 heteroatoms. The lowest BCUT2D eigenvalue weighted by molar-refractivity contribution is 0.114. The lowest BCUT2D eigenvalue weighted by atomic mass is 10.0. The molecule has 2 aliphatic rings. The van der Waals surface area contributed by atoms with E-state index in [0.29, 0.717) is 6.04 Å². The van der Waals surface area contributed by atoms with Crippen LogP contribution in [0.5, 0.6) is 0 Å². The van der Waals surface area contributed by atoms with E-state index in [2.05, 4.69) is 58.4 Å². The van der Waals surface area contributed by atoms with Crippen LogP contribution in [0.25, 0.3) is 0 Å². The molecule has 4 nitrogen and oxygen atoms in total. The van der Waals surface area contributed by atoms with E-state index in [1.54, 1.807) is 0 Å². The van der Waals surface area contributed by atoms with Crippen LogP contribution in [0.2, 0.25) is 0 Å².